The van der Waals surface area contributed by atoms with Crippen LogP contribution in [0.5, 0.6) is 0 Å². The number of nitrogens with two attached hydrogens (primary N) is 1. The van der Waals surface area contributed by atoms with E-state index in [1.165, 1.54) is 6.42 Å². The number of nitrogens with zero attached hydrogens (tertiary/aromatic N) is 1. The van der Waals surface area contributed by atoms with E-state index < -0.39 is 5.54 Å². The van der Waals surface area contributed by atoms with E-state index in [-0.39, 0.29) is 11.8 Å². The molecule has 0 atom stereocenters. The maximum absolute atomic E-state index is 12.6. The highest BCUT2D eigenvalue weighted by atomic mass is 16.5. The quantitative estimate of drug-likeness (QED) is 0.884. The number of carbonyl (C=O) groups excluding carboxylic acids is 2. The lowest BCUT2D eigenvalue weighted by molar-refractivity contribution is -0.124. The first-order valence-electron chi connectivity index (χ1n) is 8.66. The minimum Gasteiger partial charge on any atom is -0.381 e. The molecule has 3 N–H and O–H groups in total. The third-order valence-corrected chi connectivity index (χ3v) is 4.85. The topological polar surface area (TPSA) is 84.7 Å². The molecule has 1 aromatic carbocycles. The molecule has 24 heavy (non-hydrogen) atoms. The zero-order valence-corrected chi connectivity index (χ0v) is 13.9. The second kappa shape index (κ2) is 7.32. The largest absolute Gasteiger partial charge is 0.381 e. The fraction of sp³-hybridized carbons (Fsp3) is 0.556. The van der Waals surface area contributed by atoms with E-state index >= 15 is 0 Å². The van der Waals surface area contributed by atoms with Gasteiger partial charge in [0, 0.05) is 37.6 Å². The molecular formula is C18H25N3O3. The molecule has 0 saturated carbocycles. The number of hydrogen-bond acceptors (Lipinski definition) is 4. The summed E-state index contributed by atoms with van der Waals surface area (Å²) in [6.45, 7) is 2.61. The van der Waals surface area contributed by atoms with E-state index in [0.29, 0.717) is 37.3 Å². The van der Waals surface area contributed by atoms with E-state index in [0.717, 1.165) is 25.9 Å². The fourth-order valence-corrected chi connectivity index (χ4v) is 3.23. The second-order valence-corrected chi connectivity index (χ2v) is 6.66. The summed E-state index contributed by atoms with van der Waals surface area (Å²) in [6, 6.07) is 7.10. The lowest BCUT2D eigenvalue weighted by atomic mass is 9.90. The fourth-order valence-electron chi connectivity index (χ4n) is 3.23. The molecule has 2 fully saturated rings. The number of nitrogens with one attached hydrogen (secondary N) is 1. The molecule has 130 valence electrons. The molecule has 0 bridgehead atoms. The minimum absolute atomic E-state index is 0.0272. The zero-order valence-electron chi connectivity index (χ0n) is 13.9. The Balaban J connectivity index is 1.68. The molecule has 2 aliphatic heterocycles. The van der Waals surface area contributed by atoms with Gasteiger partial charge in [0.05, 0.1) is 0 Å². The Hall–Kier alpha value is -1.92. The maximum Gasteiger partial charge on any atom is 0.253 e. The lowest BCUT2D eigenvalue weighted by Crippen LogP contribution is -2.54. The Labute approximate surface area is 142 Å². The van der Waals surface area contributed by atoms with Crippen molar-refractivity contribution < 1.29 is 14.3 Å². The number of anilines is 1. The standard InChI is InChI=1S/C18H25N3O3/c19-18(7-11-24-12-8-18)17(23)20-15-6-4-5-14(13-15)16(22)21-9-2-1-3-10-21/h4-6,13H,1-3,7-12,19H2,(H,20,23). The van der Waals surface area contributed by atoms with Gasteiger partial charge in [-0.05, 0) is 50.3 Å². The van der Waals surface area contributed by atoms with Gasteiger partial charge in [-0.2, -0.15) is 0 Å². The average Bonchev–Trinajstić information content (AvgIpc) is 2.62. The highest BCUT2D eigenvalue weighted by molar-refractivity contribution is 6.00. The summed E-state index contributed by atoms with van der Waals surface area (Å²) in [5.74, 6) is -0.187. The molecule has 2 heterocycles. The Bertz CT molecular complexity index is 605. The Kier molecular flexibility index (Phi) is 5.16. The van der Waals surface area contributed by atoms with Crippen molar-refractivity contribution in [3.8, 4) is 0 Å². The molecule has 1 aromatic rings. The van der Waals surface area contributed by atoms with Gasteiger partial charge in [-0.1, -0.05) is 6.07 Å². The van der Waals surface area contributed by atoms with Crippen LogP contribution in [0, 0.1) is 0 Å². The number of likely N-dealkylation sites (tertiary alicyclic amines) is 1. The van der Waals surface area contributed by atoms with Crippen molar-refractivity contribution in [3.63, 3.8) is 0 Å². The predicted octanol–water partition coefficient (Wildman–Crippen LogP) is 1.76. The van der Waals surface area contributed by atoms with Gasteiger partial charge >= 0.3 is 0 Å². The van der Waals surface area contributed by atoms with Crippen LogP contribution in [0.3, 0.4) is 0 Å². The van der Waals surface area contributed by atoms with Gasteiger partial charge in [0.15, 0.2) is 0 Å². The first kappa shape index (κ1) is 16.9. The molecule has 0 radical (unpaired) electrons. The highest BCUT2D eigenvalue weighted by Gasteiger charge is 2.36. The summed E-state index contributed by atoms with van der Waals surface area (Å²) in [5.41, 5.74) is 6.52. The Morgan fingerprint density at radius 2 is 1.83 bits per heavy atom. The monoisotopic (exact) mass is 331 g/mol. The van der Waals surface area contributed by atoms with E-state index in [1.807, 2.05) is 4.90 Å². The number of rotatable bonds is 3. The van der Waals surface area contributed by atoms with Crippen LogP contribution in [0.25, 0.3) is 0 Å². The van der Waals surface area contributed by atoms with Crippen molar-refractivity contribution in [3.05, 3.63) is 29.8 Å². The molecule has 6 heteroatoms. The first-order valence-corrected chi connectivity index (χ1v) is 8.66. The lowest BCUT2D eigenvalue weighted by Gasteiger charge is -2.31. The maximum atomic E-state index is 12.6. The van der Waals surface area contributed by atoms with E-state index in [2.05, 4.69) is 5.32 Å². The van der Waals surface area contributed by atoms with Crippen LogP contribution >= 0.6 is 0 Å². The Morgan fingerprint density at radius 3 is 2.54 bits per heavy atom. The van der Waals surface area contributed by atoms with Crippen LogP contribution in [0.4, 0.5) is 5.69 Å². The smallest absolute Gasteiger partial charge is 0.253 e. The number of hydrogen-bond donors (Lipinski definition) is 2. The van der Waals surface area contributed by atoms with Crippen molar-refractivity contribution in [1.29, 1.82) is 0 Å². The molecule has 0 aliphatic carbocycles. The van der Waals surface area contributed by atoms with Crippen LogP contribution in [-0.2, 0) is 9.53 Å². The molecule has 0 spiro atoms. The van der Waals surface area contributed by atoms with Crippen molar-refractivity contribution in [1.82, 2.24) is 4.90 Å². The van der Waals surface area contributed by atoms with Gasteiger partial charge in [0.2, 0.25) is 5.91 Å². The number of carbonyl (C=O) groups is 2. The minimum atomic E-state index is -0.898. The van der Waals surface area contributed by atoms with Crippen molar-refractivity contribution in [2.45, 2.75) is 37.6 Å². The average molecular weight is 331 g/mol. The van der Waals surface area contributed by atoms with Crippen LogP contribution in [0.2, 0.25) is 0 Å². The number of benzene rings is 1. The van der Waals surface area contributed by atoms with Crippen LogP contribution < -0.4 is 11.1 Å². The molecule has 2 aliphatic rings. The normalized spacial score (nSPS) is 20.5. The van der Waals surface area contributed by atoms with E-state index in [4.69, 9.17) is 10.5 Å². The number of amides is 2. The van der Waals surface area contributed by atoms with Gasteiger partial charge in [-0.25, -0.2) is 0 Å². The van der Waals surface area contributed by atoms with Gasteiger partial charge in [0.1, 0.15) is 5.54 Å². The number of ether oxygens (including phenoxy) is 1. The molecule has 3 rings (SSSR count). The molecule has 0 unspecified atom stereocenters. The summed E-state index contributed by atoms with van der Waals surface area (Å²) in [7, 11) is 0. The summed E-state index contributed by atoms with van der Waals surface area (Å²) in [4.78, 5) is 26.9. The van der Waals surface area contributed by atoms with Gasteiger partial charge in [0.25, 0.3) is 5.91 Å². The predicted molar refractivity (Wildman–Crippen MR) is 91.8 cm³/mol. The highest BCUT2D eigenvalue weighted by Crippen LogP contribution is 2.21. The summed E-state index contributed by atoms with van der Waals surface area (Å²) < 4.78 is 5.27. The van der Waals surface area contributed by atoms with Crippen LogP contribution in [0.15, 0.2) is 24.3 Å². The van der Waals surface area contributed by atoms with E-state index in [1.54, 1.807) is 24.3 Å². The van der Waals surface area contributed by atoms with Crippen molar-refractivity contribution >= 4 is 17.5 Å². The zero-order chi connectivity index (χ0) is 17.0. The van der Waals surface area contributed by atoms with Crippen molar-refractivity contribution in [2.24, 2.45) is 5.73 Å². The molecule has 2 saturated heterocycles. The van der Waals surface area contributed by atoms with Crippen LogP contribution in [-0.4, -0.2) is 48.6 Å². The number of piperidine rings is 1. The molecular weight excluding hydrogens is 306 g/mol. The van der Waals surface area contributed by atoms with Crippen molar-refractivity contribution in [2.75, 3.05) is 31.6 Å². The SMILES string of the molecule is NC1(C(=O)Nc2cccc(C(=O)N3CCCCC3)c2)CCOCC1. The second-order valence-electron chi connectivity index (χ2n) is 6.66. The summed E-state index contributed by atoms with van der Waals surface area (Å²) in [6.07, 6.45) is 4.30. The van der Waals surface area contributed by atoms with Gasteiger partial charge in [-0.3, -0.25) is 9.59 Å². The summed E-state index contributed by atoms with van der Waals surface area (Å²) >= 11 is 0. The molecule has 0 aromatic heterocycles. The molecule has 2 amide bonds. The van der Waals surface area contributed by atoms with Crippen LogP contribution in [0.1, 0.15) is 42.5 Å². The van der Waals surface area contributed by atoms with Gasteiger partial charge < -0.3 is 20.7 Å². The first-order chi connectivity index (χ1) is 11.6. The molecule has 6 nitrogen and oxygen atoms in total. The van der Waals surface area contributed by atoms with Gasteiger partial charge in [-0.15, -0.1) is 0 Å². The summed E-state index contributed by atoms with van der Waals surface area (Å²) in [5, 5.41) is 2.86. The third-order valence-electron chi connectivity index (χ3n) is 4.85. The Morgan fingerprint density at radius 1 is 1.12 bits per heavy atom. The third kappa shape index (κ3) is 3.76. The van der Waals surface area contributed by atoms with E-state index in [9.17, 15) is 9.59 Å².